The molecule has 3 N–H and O–H groups in total. The summed E-state index contributed by atoms with van der Waals surface area (Å²) in [4.78, 5) is 35.4. The van der Waals surface area contributed by atoms with Gasteiger partial charge in [-0.2, -0.15) is 8.78 Å². The van der Waals surface area contributed by atoms with Crippen molar-refractivity contribution in [3.05, 3.63) is 102 Å². The maximum Gasteiger partial charge on any atom is 0.345 e. The maximum absolute atomic E-state index is 17.0. The number of hydrogen-bond donors (Lipinski definition) is 3. The summed E-state index contributed by atoms with van der Waals surface area (Å²) in [6, 6.07) is 13.4. The Morgan fingerprint density at radius 1 is 1.00 bits per heavy atom. The normalized spacial score (nSPS) is 17.3. The Morgan fingerprint density at radius 3 is 2.35 bits per heavy atom. The quantitative estimate of drug-likeness (QED) is 0.126. The van der Waals surface area contributed by atoms with Gasteiger partial charge in [-0.3, -0.25) is 14.3 Å². The maximum atomic E-state index is 17.0. The van der Waals surface area contributed by atoms with Crippen molar-refractivity contribution in [3.63, 3.8) is 0 Å². The van der Waals surface area contributed by atoms with Crippen molar-refractivity contribution in [1.29, 1.82) is 0 Å². The molecule has 1 fully saturated rings. The number of nitrogens with zero attached hydrogens (tertiary/aromatic N) is 2. The highest BCUT2D eigenvalue weighted by atomic mass is 32.2. The lowest BCUT2D eigenvalue weighted by Gasteiger charge is -2.46. The SMILES string of the molecule is CCCS(=O)(=O)Nc1cc2oc(-c3ccc(F)cc3)c(C(=O)NC)c2c(F)c1-c1cccc(C(=O)NC2(c3ncccn3)CC(OC(F)F)C2)c1. The fraction of sp³-hybridized carbons (Fsp3) is 0.257. The van der Waals surface area contributed by atoms with Crippen molar-refractivity contribution < 1.29 is 44.7 Å². The Balaban J connectivity index is 1.47. The summed E-state index contributed by atoms with van der Waals surface area (Å²) in [5.41, 5.74) is -1.83. The summed E-state index contributed by atoms with van der Waals surface area (Å²) >= 11 is 0. The number of ether oxygens (including phenoxy) is 1. The lowest BCUT2D eigenvalue weighted by atomic mass is 9.73. The molecule has 2 heterocycles. The molecule has 0 aliphatic heterocycles. The number of anilines is 1. The van der Waals surface area contributed by atoms with E-state index in [9.17, 15) is 31.2 Å². The summed E-state index contributed by atoms with van der Waals surface area (Å²) in [7, 11) is -2.68. The molecular formula is C35H31F4N5O6S. The number of halogens is 4. The molecule has 6 rings (SSSR count). The smallest absolute Gasteiger partial charge is 0.345 e. The van der Waals surface area contributed by atoms with Gasteiger partial charge in [0, 0.05) is 55.0 Å². The van der Waals surface area contributed by atoms with Crippen molar-refractivity contribution in [2.24, 2.45) is 0 Å². The van der Waals surface area contributed by atoms with E-state index in [1.165, 1.54) is 61.9 Å². The highest BCUT2D eigenvalue weighted by Crippen LogP contribution is 2.44. The molecule has 1 saturated carbocycles. The highest BCUT2D eigenvalue weighted by Gasteiger charge is 2.50. The molecule has 0 radical (unpaired) electrons. The van der Waals surface area contributed by atoms with Gasteiger partial charge < -0.3 is 19.8 Å². The van der Waals surface area contributed by atoms with Crippen molar-refractivity contribution in [1.82, 2.24) is 20.6 Å². The molecule has 11 nitrogen and oxygen atoms in total. The van der Waals surface area contributed by atoms with Gasteiger partial charge in [-0.25, -0.2) is 27.2 Å². The van der Waals surface area contributed by atoms with Gasteiger partial charge >= 0.3 is 6.61 Å². The van der Waals surface area contributed by atoms with Gasteiger partial charge in [0.15, 0.2) is 5.82 Å². The van der Waals surface area contributed by atoms with E-state index in [0.29, 0.717) is 0 Å². The van der Waals surface area contributed by atoms with E-state index < -0.39 is 51.7 Å². The summed E-state index contributed by atoms with van der Waals surface area (Å²) in [5, 5.41) is 5.00. The first kappa shape index (κ1) is 35.5. The second kappa shape index (κ2) is 14.1. The van der Waals surface area contributed by atoms with Crippen LogP contribution in [0.25, 0.3) is 33.4 Å². The van der Waals surface area contributed by atoms with Crippen LogP contribution in [0, 0.1) is 11.6 Å². The Hall–Kier alpha value is -5.35. The van der Waals surface area contributed by atoms with Crippen LogP contribution in [0.15, 0.2) is 77.5 Å². The molecule has 0 unspecified atom stereocenters. The minimum absolute atomic E-state index is 0.00798. The van der Waals surface area contributed by atoms with Crippen molar-refractivity contribution in [2.45, 2.75) is 44.4 Å². The lowest BCUT2D eigenvalue weighted by Crippen LogP contribution is -2.58. The minimum Gasteiger partial charge on any atom is -0.455 e. The highest BCUT2D eigenvalue weighted by molar-refractivity contribution is 7.92. The second-order valence-corrected chi connectivity index (χ2v) is 13.8. The number of alkyl halides is 2. The first-order valence-corrected chi connectivity index (χ1v) is 17.4. The average molecular weight is 726 g/mol. The van der Waals surface area contributed by atoms with Gasteiger partial charge in [0.1, 0.15) is 28.5 Å². The predicted octanol–water partition coefficient (Wildman–Crippen LogP) is 6.37. The van der Waals surface area contributed by atoms with Crippen LogP contribution in [-0.4, -0.2) is 55.7 Å². The van der Waals surface area contributed by atoms with Crippen molar-refractivity contribution in [3.8, 4) is 22.5 Å². The Bertz CT molecular complexity index is 2210. The lowest BCUT2D eigenvalue weighted by molar-refractivity contribution is -0.198. The zero-order valence-corrected chi connectivity index (χ0v) is 28.0. The number of carbonyl (C=O) groups excluding carboxylic acids is 2. The molecule has 2 amide bonds. The number of benzene rings is 3. The monoisotopic (exact) mass is 725 g/mol. The molecular weight excluding hydrogens is 694 g/mol. The molecule has 51 heavy (non-hydrogen) atoms. The van der Waals surface area contributed by atoms with Crippen LogP contribution in [-0.2, 0) is 20.3 Å². The van der Waals surface area contributed by atoms with Crippen molar-refractivity contribution in [2.75, 3.05) is 17.5 Å². The van der Waals surface area contributed by atoms with E-state index >= 15 is 4.39 Å². The Morgan fingerprint density at radius 2 is 1.71 bits per heavy atom. The van der Waals surface area contributed by atoms with Crippen LogP contribution in [0.4, 0.5) is 23.2 Å². The topological polar surface area (TPSA) is 153 Å². The third-order valence-corrected chi connectivity index (χ3v) is 9.90. The second-order valence-electron chi connectivity index (χ2n) is 11.9. The first-order valence-electron chi connectivity index (χ1n) is 15.8. The number of aromatic nitrogens is 2. The van der Waals surface area contributed by atoms with Crippen molar-refractivity contribution >= 4 is 38.5 Å². The molecule has 0 spiro atoms. The molecule has 16 heteroatoms. The fourth-order valence-corrected chi connectivity index (χ4v) is 7.30. The first-order chi connectivity index (χ1) is 24.3. The third kappa shape index (κ3) is 7.14. The molecule has 1 aliphatic rings. The van der Waals surface area contributed by atoms with E-state index in [1.807, 2.05) is 0 Å². The molecule has 0 atom stereocenters. The van der Waals surface area contributed by atoms with Gasteiger partial charge in [0.2, 0.25) is 10.0 Å². The van der Waals surface area contributed by atoms with E-state index in [0.717, 1.165) is 12.1 Å². The van der Waals surface area contributed by atoms with E-state index in [4.69, 9.17) is 4.42 Å². The van der Waals surface area contributed by atoms with Gasteiger partial charge in [-0.1, -0.05) is 19.1 Å². The average Bonchev–Trinajstić information content (AvgIpc) is 3.47. The van der Waals surface area contributed by atoms with Crippen LogP contribution in [0.3, 0.4) is 0 Å². The number of furan rings is 1. The zero-order chi connectivity index (χ0) is 36.5. The summed E-state index contributed by atoms with van der Waals surface area (Å²) in [5.74, 6) is -3.19. The largest absolute Gasteiger partial charge is 0.455 e. The predicted molar refractivity (Wildman–Crippen MR) is 179 cm³/mol. The Kier molecular flexibility index (Phi) is 9.81. The number of hydrogen-bond acceptors (Lipinski definition) is 8. The van der Waals surface area contributed by atoms with E-state index in [2.05, 4.69) is 30.1 Å². The minimum atomic E-state index is -4.01. The standard InChI is InChI=1S/C35H31F4N5O6S/c1-3-14-51(47,48)44-24-16-25-27(28(32(46)40-2)30(50-25)19-8-10-22(36)11-9-19)29(37)26(24)20-6-4-7-21(15-20)31(45)43-35(33-41-12-5-13-42-33)17-23(18-35)49-34(38)39/h4-13,15-16,23,34,44H,3,14,17-18H2,1-2H3,(H,40,46)(H,43,45). The number of sulfonamides is 1. The van der Waals surface area contributed by atoms with E-state index in [-0.39, 0.29) is 81.1 Å². The number of fused-ring (bicyclic) bond motifs is 1. The van der Waals surface area contributed by atoms with Crippen LogP contribution in [0.5, 0.6) is 0 Å². The van der Waals surface area contributed by atoms with Crippen LogP contribution >= 0.6 is 0 Å². The number of rotatable bonds is 12. The Labute approximate surface area is 289 Å². The van der Waals surface area contributed by atoms with Gasteiger partial charge in [-0.05, 0) is 54.4 Å². The number of amides is 2. The zero-order valence-electron chi connectivity index (χ0n) is 27.2. The molecule has 0 bridgehead atoms. The van der Waals surface area contributed by atoms with Crippen LogP contribution in [0.1, 0.15) is 52.7 Å². The summed E-state index contributed by atoms with van der Waals surface area (Å²) < 4.78 is 95.7. The summed E-state index contributed by atoms with van der Waals surface area (Å²) in [6.45, 7) is -1.36. The molecule has 266 valence electrons. The van der Waals surface area contributed by atoms with Gasteiger partial charge in [-0.15, -0.1) is 0 Å². The van der Waals surface area contributed by atoms with Crippen LogP contribution < -0.4 is 15.4 Å². The third-order valence-electron chi connectivity index (χ3n) is 8.43. The van der Waals surface area contributed by atoms with Crippen LogP contribution in [0.2, 0.25) is 0 Å². The molecule has 5 aromatic rings. The number of carbonyl (C=O) groups is 2. The van der Waals surface area contributed by atoms with Gasteiger partial charge in [0.25, 0.3) is 11.8 Å². The summed E-state index contributed by atoms with van der Waals surface area (Å²) in [6.07, 6.45) is 2.19. The fourth-order valence-electron chi connectivity index (χ4n) is 6.16. The molecule has 3 aromatic carbocycles. The molecule has 2 aromatic heterocycles. The van der Waals surface area contributed by atoms with E-state index in [1.54, 1.807) is 13.0 Å². The number of nitrogens with one attached hydrogen (secondary N) is 3. The van der Waals surface area contributed by atoms with Gasteiger partial charge in [0.05, 0.1) is 28.5 Å². The molecule has 1 aliphatic carbocycles. The molecule has 0 saturated heterocycles.